The summed E-state index contributed by atoms with van der Waals surface area (Å²) < 4.78 is 8.01. The molecule has 0 radical (unpaired) electrons. The molecule has 0 bridgehead atoms. The number of hydrogen-bond acceptors (Lipinski definition) is 6. The first kappa shape index (κ1) is 16.3. The third-order valence-electron chi connectivity index (χ3n) is 5.01. The lowest BCUT2D eigenvalue weighted by molar-refractivity contribution is 0.0267. The van der Waals surface area contributed by atoms with Gasteiger partial charge in [0.15, 0.2) is 0 Å². The Labute approximate surface area is 148 Å². The largest absolute Gasteiger partial charge is 0.373 e. The number of aryl methyl sites for hydroxylation is 2. The Bertz CT molecular complexity index is 724. The van der Waals surface area contributed by atoms with Gasteiger partial charge in [0.2, 0.25) is 0 Å². The van der Waals surface area contributed by atoms with Crippen molar-refractivity contribution in [2.75, 3.05) is 42.6 Å². The van der Waals surface area contributed by atoms with Crippen molar-refractivity contribution < 1.29 is 4.74 Å². The standard InChI is InChI=1S/C18H26N6O/c1-14-9-15(2)24(21-14)12-16-11-23(7-8-25-16)18-10-17(19-13-20-18)22-5-3-4-6-22/h9-10,13,16H,3-8,11-12H2,1-2H3/t16-/m0/s1. The van der Waals surface area contributed by atoms with Crippen LogP contribution in [0.25, 0.3) is 0 Å². The van der Waals surface area contributed by atoms with E-state index >= 15 is 0 Å². The Morgan fingerprint density at radius 2 is 1.80 bits per heavy atom. The van der Waals surface area contributed by atoms with Gasteiger partial charge in [-0.3, -0.25) is 4.68 Å². The van der Waals surface area contributed by atoms with Crippen LogP contribution in [0.4, 0.5) is 11.6 Å². The van der Waals surface area contributed by atoms with Gasteiger partial charge in [0.1, 0.15) is 18.0 Å². The van der Waals surface area contributed by atoms with Crippen LogP contribution in [0.2, 0.25) is 0 Å². The van der Waals surface area contributed by atoms with Gasteiger partial charge in [-0.05, 0) is 32.8 Å². The van der Waals surface area contributed by atoms with E-state index in [0.29, 0.717) is 6.61 Å². The Balaban J connectivity index is 1.45. The summed E-state index contributed by atoms with van der Waals surface area (Å²) in [5.41, 5.74) is 2.23. The molecule has 2 aromatic heterocycles. The number of ether oxygens (including phenoxy) is 1. The molecule has 4 rings (SSSR count). The Hall–Kier alpha value is -2.15. The second kappa shape index (κ2) is 7.00. The fourth-order valence-electron chi connectivity index (χ4n) is 3.72. The van der Waals surface area contributed by atoms with Gasteiger partial charge in [-0.2, -0.15) is 5.10 Å². The smallest absolute Gasteiger partial charge is 0.134 e. The Kier molecular flexibility index (Phi) is 4.57. The van der Waals surface area contributed by atoms with Crippen LogP contribution < -0.4 is 9.80 Å². The SMILES string of the molecule is Cc1cc(C)n(C[C@@H]2CN(c3cc(N4CCCC4)ncn3)CCO2)n1. The van der Waals surface area contributed by atoms with Crippen molar-refractivity contribution in [2.24, 2.45) is 0 Å². The highest BCUT2D eigenvalue weighted by molar-refractivity contribution is 5.50. The average Bonchev–Trinajstić information content (AvgIpc) is 3.26. The fourth-order valence-corrected chi connectivity index (χ4v) is 3.72. The summed E-state index contributed by atoms with van der Waals surface area (Å²) >= 11 is 0. The van der Waals surface area contributed by atoms with Gasteiger partial charge in [-0.25, -0.2) is 9.97 Å². The Morgan fingerprint density at radius 1 is 1.04 bits per heavy atom. The molecule has 1 atom stereocenters. The molecule has 2 saturated heterocycles. The quantitative estimate of drug-likeness (QED) is 0.844. The van der Waals surface area contributed by atoms with Crippen LogP contribution in [0, 0.1) is 13.8 Å². The van der Waals surface area contributed by atoms with Crippen molar-refractivity contribution >= 4 is 11.6 Å². The monoisotopic (exact) mass is 342 g/mol. The lowest BCUT2D eigenvalue weighted by atomic mass is 10.2. The molecule has 2 aromatic rings. The van der Waals surface area contributed by atoms with Gasteiger partial charge in [-0.1, -0.05) is 0 Å². The van der Waals surface area contributed by atoms with Gasteiger partial charge < -0.3 is 14.5 Å². The molecule has 7 heteroatoms. The number of morpholine rings is 1. The lowest BCUT2D eigenvalue weighted by Gasteiger charge is -2.34. The second-order valence-corrected chi connectivity index (χ2v) is 6.98. The fraction of sp³-hybridized carbons (Fsp3) is 0.611. The maximum absolute atomic E-state index is 5.97. The maximum Gasteiger partial charge on any atom is 0.134 e. The predicted molar refractivity (Wildman–Crippen MR) is 97.1 cm³/mol. The van der Waals surface area contributed by atoms with Crippen molar-refractivity contribution in [1.29, 1.82) is 0 Å². The number of nitrogens with zero attached hydrogens (tertiary/aromatic N) is 6. The average molecular weight is 342 g/mol. The summed E-state index contributed by atoms with van der Waals surface area (Å²) in [7, 11) is 0. The Morgan fingerprint density at radius 3 is 2.52 bits per heavy atom. The highest BCUT2D eigenvalue weighted by atomic mass is 16.5. The summed E-state index contributed by atoms with van der Waals surface area (Å²) in [4.78, 5) is 13.6. The molecule has 0 spiro atoms. The van der Waals surface area contributed by atoms with E-state index in [2.05, 4.69) is 43.9 Å². The van der Waals surface area contributed by atoms with Crippen molar-refractivity contribution in [3.63, 3.8) is 0 Å². The third-order valence-corrected chi connectivity index (χ3v) is 5.01. The molecule has 0 unspecified atom stereocenters. The maximum atomic E-state index is 5.97. The van der Waals surface area contributed by atoms with E-state index in [4.69, 9.17) is 4.74 Å². The van der Waals surface area contributed by atoms with Crippen LogP contribution in [-0.2, 0) is 11.3 Å². The molecule has 134 valence electrons. The molecule has 2 fully saturated rings. The molecular formula is C18H26N6O. The summed E-state index contributed by atoms with van der Waals surface area (Å²) in [5.74, 6) is 2.04. The van der Waals surface area contributed by atoms with Crippen molar-refractivity contribution in [2.45, 2.75) is 39.3 Å². The van der Waals surface area contributed by atoms with Gasteiger partial charge in [0.05, 0.1) is 24.9 Å². The minimum Gasteiger partial charge on any atom is -0.373 e. The predicted octanol–water partition coefficient (Wildman–Crippen LogP) is 1.80. The zero-order chi connectivity index (χ0) is 17.2. The van der Waals surface area contributed by atoms with E-state index < -0.39 is 0 Å². The van der Waals surface area contributed by atoms with Gasteiger partial charge >= 0.3 is 0 Å². The molecule has 0 amide bonds. The minimum atomic E-state index is 0.122. The molecular weight excluding hydrogens is 316 g/mol. The molecule has 7 nitrogen and oxygen atoms in total. The summed E-state index contributed by atoms with van der Waals surface area (Å²) in [6.45, 7) is 9.50. The summed E-state index contributed by atoms with van der Waals surface area (Å²) in [5, 5.41) is 4.55. The summed E-state index contributed by atoms with van der Waals surface area (Å²) in [6, 6.07) is 4.23. The highest BCUT2D eigenvalue weighted by Gasteiger charge is 2.24. The van der Waals surface area contributed by atoms with Crippen molar-refractivity contribution in [3.8, 4) is 0 Å². The molecule has 2 aliphatic heterocycles. The van der Waals surface area contributed by atoms with Crippen LogP contribution in [-0.4, -0.2) is 58.6 Å². The molecule has 0 N–H and O–H groups in total. The number of anilines is 2. The minimum absolute atomic E-state index is 0.122. The van der Waals surface area contributed by atoms with Gasteiger partial charge in [0.25, 0.3) is 0 Å². The van der Waals surface area contributed by atoms with E-state index in [0.717, 1.165) is 50.1 Å². The zero-order valence-electron chi connectivity index (χ0n) is 15.1. The number of aromatic nitrogens is 4. The molecule has 0 saturated carbocycles. The summed E-state index contributed by atoms with van der Waals surface area (Å²) in [6.07, 6.45) is 4.31. The van der Waals surface area contributed by atoms with Crippen LogP contribution in [0.5, 0.6) is 0 Å². The van der Waals surface area contributed by atoms with E-state index in [-0.39, 0.29) is 6.10 Å². The van der Waals surface area contributed by atoms with E-state index in [1.165, 1.54) is 18.5 Å². The van der Waals surface area contributed by atoms with Gasteiger partial charge in [-0.15, -0.1) is 0 Å². The van der Waals surface area contributed by atoms with Crippen LogP contribution in [0.3, 0.4) is 0 Å². The van der Waals surface area contributed by atoms with Crippen LogP contribution in [0.15, 0.2) is 18.5 Å². The van der Waals surface area contributed by atoms with E-state index in [1.54, 1.807) is 6.33 Å². The third kappa shape index (κ3) is 3.61. The number of hydrogen-bond donors (Lipinski definition) is 0. The van der Waals surface area contributed by atoms with Crippen LogP contribution in [0.1, 0.15) is 24.2 Å². The normalized spacial score (nSPS) is 21.1. The molecule has 25 heavy (non-hydrogen) atoms. The molecule has 4 heterocycles. The van der Waals surface area contributed by atoms with Crippen molar-refractivity contribution in [1.82, 2.24) is 19.7 Å². The molecule has 0 aliphatic carbocycles. The zero-order valence-corrected chi connectivity index (χ0v) is 15.1. The topological polar surface area (TPSA) is 59.3 Å². The van der Waals surface area contributed by atoms with Gasteiger partial charge in [0, 0.05) is 37.9 Å². The first-order valence-corrected chi connectivity index (χ1v) is 9.13. The first-order valence-electron chi connectivity index (χ1n) is 9.13. The lowest BCUT2D eigenvalue weighted by Crippen LogP contribution is -2.45. The molecule has 0 aromatic carbocycles. The molecule has 2 aliphatic rings. The first-order chi connectivity index (χ1) is 12.2. The number of rotatable bonds is 4. The van der Waals surface area contributed by atoms with Crippen LogP contribution >= 0.6 is 0 Å². The highest BCUT2D eigenvalue weighted by Crippen LogP contribution is 2.23. The second-order valence-electron chi connectivity index (χ2n) is 6.98. The van der Waals surface area contributed by atoms with E-state index in [9.17, 15) is 0 Å². The van der Waals surface area contributed by atoms with Crippen molar-refractivity contribution in [3.05, 3.63) is 29.8 Å². The van der Waals surface area contributed by atoms with E-state index in [1.807, 2.05) is 11.6 Å².